The van der Waals surface area contributed by atoms with Gasteiger partial charge in [-0.25, -0.2) is 4.79 Å². The molecule has 3 aromatic rings. The molecule has 0 amide bonds. The van der Waals surface area contributed by atoms with Crippen molar-refractivity contribution >= 4 is 5.97 Å². The standard InChI is InChI=1S/C22H20O4/c1-24-18-14-9-15-19(25-2)20(18)22(23)26-21(16-10-5-3-6-11-16)17-12-7-4-8-13-17/h3-15,21H,1-2H3. The largest absolute Gasteiger partial charge is 0.496 e. The Bertz CT molecular complexity index is 798. The van der Waals surface area contributed by atoms with Crippen molar-refractivity contribution in [2.75, 3.05) is 14.2 Å². The highest BCUT2D eigenvalue weighted by Crippen LogP contribution is 2.33. The molecule has 0 aliphatic rings. The lowest BCUT2D eigenvalue weighted by molar-refractivity contribution is 0.0371. The highest BCUT2D eigenvalue weighted by Gasteiger charge is 2.25. The molecule has 0 saturated carbocycles. The Morgan fingerprint density at radius 3 is 1.58 bits per heavy atom. The van der Waals surface area contributed by atoms with Crippen molar-refractivity contribution in [1.82, 2.24) is 0 Å². The second-order valence-electron chi connectivity index (χ2n) is 5.64. The smallest absolute Gasteiger partial charge is 0.346 e. The number of hydrogen-bond donors (Lipinski definition) is 0. The molecule has 0 saturated heterocycles. The van der Waals surface area contributed by atoms with Gasteiger partial charge in [-0.3, -0.25) is 0 Å². The molecule has 0 aliphatic heterocycles. The van der Waals surface area contributed by atoms with Crippen LogP contribution in [0.15, 0.2) is 78.9 Å². The summed E-state index contributed by atoms with van der Waals surface area (Å²) in [6.45, 7) is 0. The van der Waals surface area contributed by atoms with Crippen molar-refractivity contribution in [1.29, 1.82) is 0 Å². The van der Waals surface area contributed by atoms with Gasteiger partial charge in [0.1, 0.15) is 17.1 Å². The van der Waals surface area contributed by atoms with Gasteiger partial charge in [-0.05, 0) is 23.3 Å². The molecular formula is C22H20O4. The van der Waals surface area contributed by atoms with Crippen LogP contribution in [0.5, 0.6) is 11.5 Å². The monoisotopic (exact) mass is 348 g/mol. The Hall–Kier alpha value is -3.27. The Morgan fingerprint density at radius 2 is 1.15 bits per heavy atom. The van der Waals surface area contributed by atoms with E-state index in [1.165, 1.54) is 14.2 Å². The fraction of sp³-hybridized carbons (Fsp3) is 0.136. The number of methoxy groups -OCH3 is 2. The maximum Gasteiger partial charge on any atom is 0.346 e. The van der Waals surface area contributed by atoms with Crippen LogP contribution < -0.4 is 9.47 Å². The van der Waals surface area contributed by atoms with E-state index in [-0.39, 0.29) is 5.56 Å². The molecule has 0 aromatic heterocycles. The van der Waals surface area contributed by atoms with Crippen molar-refractivity contribution in [3.8, 4) is 11.5 Å². The molecule has 132 valence electrons. The Balaban J connectivity index is 1.99. The number of benzene rings is 3. The molecule has 0 N–H and O–H groups in total. The third kappa shape index (κ3) is 3.70. The first-order valence-electron chi connectivity index (χ1n) is 8.26. The van der Waals surface area contributed by atoms with Gasteiger partial charge < -0.3 is 14.2 Å². The summed E-state index contributed by atoms with van der Waals surface area (Å²) in [7, 11) is 3.02. The molecule has 0 fully saturated rings. The quantitative estimate of drug-likeness (QED) is 0.608. The lowest BCUT2D eigenvalue weighted by Crippen LogP contribution is -2.15. The molecule has 0 aliphatic carbocycles. The zero-order valence-electron chi connectivity index (χ0n) is 14.7. The molecule has 3 aromatic carbocycles. The van der Waals surface area contributed by atoms with Crippen LogP contribution in [-0.4, -0.2) is 20.2 Å². The lowest BCUT2D eigenvalue weighted by Gasteiger charge is -2.20. The topological polar surface area (TPSA) is 44.8 Å². The summed E-state index contributed by atoms with van der Waals surface area (Å²) in [4.78, 5) is 13.0. The summed E-state index contributed by atoms with van der Waals surface area (Å²) < 4.78 is 16.5. The summed E-state index contributed by atoms with van der Waals surface area (Å²) >= 11 is 0. The van der Waals surface area contributed by atoms with Crippen molar-refractivity contribution in [2.24, 2.45) is 0 Å². The van der Waals surface area contributed by atoms with Crippen LogP contribution in [0.1, 0.15) is 27.6 Å². The van der Waals surface area contributed by atoms with Crippen LogP contribution >= 0.6 is 0 Å². The van der Waals surface area contributed by atoms with E-state index in [9.17, 15) is 4.79 Å². The Morgan fingerprint density at radius 1 is 0.692 bits per heavy atom. The predicted molar refractivity (Wildman–Crippen MR) is 99.7 cm³/mol. The predicted octanol–water partition coefficient (Wildman–Crippen LogP) is 4.65. The molecule has 0 heterocycles. The molecule has 4 nitrogen and oxygen atoms in total. The second kappa shape index (κ2) is 8.21. The molecule has 26 heavy (non-hydrogen) atoms. The van der Waals surface area contributed by atoms with E-state index in [1.54, 1.807) is 18.2 Å². The maximum atomic E-state index is 13.0. The van der Waals surface area contributed by atoms with Gasteiger partial charge in [0.25, 0.3) is 0 Å². The molecule has 3 rings (SSSR count). The van der Waals surface area contributed by atoms with Crippen LogP contribution in [0.4, 0.5) is 0 Å². The van der Waals surface area contributed by atoms with Gasteiger partial charge in [0.2, 0.25) is 0 Å². The average Bonchev–Trinajstić information content (AvgIpc) is 2.72. The molecular weight excluding hydrogens is 328 g/mol. The molecule has 0 spiro atoms. The molecule has 0 atom stereocenters. The number of hydrogen-bond acceptors (Lipinski definition) is 4. The van der Waals surface area contributed by atoms with Gasteiger partial charge in [-0.15, -0.1) is 0 Å². The molecule has 4 heteroatoms. The van der Waals surface area contributed by atoms with Crippen molar-refractivity contribution < 1.29 is 19.0 Å². The second-order valence-corrected chi connectivity index (χ2v) is 5.64. The van der Waals surface area contributed by atoms with Crippen molar-refractivity contribution in [2.45, 2.75) is 6.10 Å². The minimum absolute atomic E-state index is 0.273. The Labute approximate surface area is 153 Å². The Kier molecular flexibility index (Phi) is 5.54. The van der Waals surface area contributed by atoms with Crippen LogP contribution in [-0.2, 0) is 4.74 Å². The number of carbonyl (C=O) groups excluding carboxylic acids is 1. The first kappa shape index (κ1) is 17.5. The van der Waals surface area contributed by atoms with Crippen LogP contribution in [0, 0.1) is 0 Å². The summed E-state index contributed by atoms with van der Waals surface area (Å²) in [5.41, 5.74) is 2.05. The summed E-state index contributed by atoms with van der Waals surface area (Å²) in [6.07, 6.45) is -0.528. The van der Waals surface area contributed by atoms with Gasteiger partial charge >= 0.3 is 5.97 Å². The molecule has 0 radical (unpaired) electrons. The minimum Gasteiger partial charge on any atom is -0.496 e. The van der Waals surface area contributed by atoms with Gasteiger partial charge in [-0.2, -0.15) is 0 Å². The van der Waals surface area contributed by atoms with E-state index in [2.05, 4.69) is 0 Å². The molecule has 0 unspecified atom stereocenters. The van der Waals surface area contributed by atoms with E-state index in [0.717, 1.165) is 11.1 Å². The normalized spacial score (nSPS) is 10.4. The first-order chi connectivity index (χ1) is 12.7. The van der Waals surface area contributed by atoms with Crippen molar-refractivity contribution in [3.63, 3.8) is 0 Å². The number of carbonyl (C=O) groups is 1. The van der Waals surface area contributed by atoms with E-state index >= 15 is 0 Å². The summed E-state index contributed by atoms with van der Waals surface area (Å²) in [5, 5.41) is 0. The highest BCUT2D eigenvalue weighted by atomic mass is 16.5. The maximum absolute atomic E-state index is 13.0. The first-order valence-corrected chi connectivity index (χ1v) is 8.26. The number of rotatable bonds is 6. The number of ether oxygens (including phenoxy) is 3. The fourth-order valence-corrected chi connectivity index (χ4v) is 2.80. The van der Waals surface area contributed by atoms with Gasteiger partial charge in [0.15, 0.2) is 6.10 Å². The van der Waals surface area contributed by atoms with E-state index in [0.29, 0.717) is 11.5 Å². The summed E-state index contributed by atoms with van der Waals surface area (Å²) in [5.74, 6) is 0.320. The van der Waals surface area contributed by atoms with Crippen LogP contribution in [0.25, 0.3) is 0 Å². The van der Waals surface area contributed by atoms with E-state index in [4.69, 9.17) is 14.2 Å². The van der Waals surface area contributed by atoms with Gasteiger partial charge in [-0.1, -0.05) is 66.7 Å². The third-order valence-electron chi connectivity index (χ3n) is 4.06. The lowest BCUT2D eigenvalue weighted by atomic mass is 10.0. The SMILES string of the molecule is COc1cccc(OC)c1C(=O)OC(c1ccccc1)c1ccccc1. The van der Waals surface area contributed by atoms with Crippen LogP contribution in [0.3, 0.4) is 0 Å². The van der Waals surface area contributed by atoms with Gasteiger partial charge in [0.05, 0.1) is 14.2 Å². The van der Waals surface area contributed by atoms with Crippen LogP contribution in [0.2, 0.25) is 0 Å². The van der Waals surface area contributed by atoms with E-state index < -0.39 is 12.1 Å². The average molecular weight is 348 g/mol. The zero-order chi connectivity index (χ0) is 18.4. The fourth-order valence-electron chi connectivity index (χ4n) is 2.80. The van der Waals surface area contributed by atoms with Crippen molar-refractivity contribution in [3.05, 3.63) is 95.6 Å². The van der Waals surface area contributed by atoms with E-state index in [1.807, 2.05) is 60.7 Å². The molecule has 0 bridgehead atoms. The zero-order valence-corrected chi connectivity index (χ0v) is 14.7. The minimum atomic E-state index is -0.528. The third-order valence-corrected chi connectivity index (χ3v) is 4.06. The highest BCUT2D eigenvalue weighted by molar-refractivity contribution is 5.96. The summed E-state index contributed by atoms with van der Waals surface area (Å²) in [6, 6.07) is 24.5. The number of esters is 1. The van der Waals surface area contributed by atoms with Gasteiger partial charge in [0, 0.05) is 0 Å².